The van der Waals surface area contributed by atoms with E-state index in [1.54, 1.807) is 0 Å². The first-order chi connectivity index (χ1) is 12.2. The summed E-state index contributed by atoms with van der Waals surface area (Å²) in [6.45, 7) is 0. The van der Waals surface area contributed by atoms with Crippen LogP contribution in [0.2, 0.25) is 0 Å². The van der Waals surface area contributed by atoms with Gasteiger partial charge < -0.3 is 14.4 Å². The summed E-state index contributed by atoms with van der Waals surface area (Å²) in [4.78, 5) is 0. The van der Waals surface area contributed by atoms with Crippen LogP contribution >= 0.6 is 12.0 Å². The molecule has 6 unspecified atom stereocenters. The average Bonchev–Trinajstić information content (AvgIpc) is 2.48. The zero-order chi connectivity index (χ0) is 20.6. The van der Waals surface area contributed by atoms with Crippen LogP contribution in [0.5, 0.6) is 0 Å². The first-order valence-electron chi connectivity index (χ1n) is 7.71. The van der Waals surface area contributed by atoms with Gasteiger partial charge in [-0.2, -0.15) is 4.33 Å². The van der Waals surface area contributed by atoms with E-state index in [-0.39, 0.29) is 114 Å². The second kappa shape index (κ2) is 13.9. The fraction of sp³-hybridized carbons (Fsp3) is 1.00. The van der Waals surface area contributed by atoms with Crippen molar-refractivity contribution in [3.05, 3.63) is 0 Å². The second-order valence-corrected chi connectivity index (χ2v) is 12.7. The summed E-state index contributed by atoms with van der Waals surface area (Å²) in [5.74, 6) is -1.16. The molecule has 2 aliphatic carbocycles. The van der Waals surface area contributed by atoms with Crippen molar-refractivity contribution >= 4 is 42.3 Å². The van der Waals surface area contributed by atoms with Gasteiger partial charge in [-0.1, -0.05) is 0 Å². The summed E-state index contributed by atoms with van der Waals surface area (Å²) in [7, 11) is -13.4. The molecule has 19 heteroatoms. The van der Waals surface area contributed by atoms with E-state index in [9.17, 15) is 39.6 Å². The Morgan fingerprint density at radius 1 is 0.900 bits per heavy atom. The molecular weight excluding hydrogens is 519 g/mol. The molecule has 2 rings (SSSR count). The van der Waals surface area contributed by atoms with Crippen LogP contribution in [0.1, 0.15) is 25.7 Å². The summed E-state index contributed by atoms with van der Waals surface area (Å²) in [6, 6.07) is -1.22. The first-order valence-corrected chi connectivity index (χ1v) is 13.3. The number of fused-ring (bicyclic) bond motifs is 1. The molecule has 0 aromatic carbocycles. The van der Waals surface area contributed by atoms with Crippen molar-refractivity contribution in [3.8, 4) is 0 Å². The Morgan fingerprint density at radius 3 is 1.90 bits per heavy atom. The molecule has 2 fully saturated rings. The van der Waals surface area contributed by atoms with Crippen LogP contribution in [-0.2, 0) is 39.6 Å². The molecule has 2 aliphatic rings. The van der Waals surface area contributed by atoms with E-state index < -0.39 is 63.9 Å². The van der Waals surface area contributed by atoms with E-state index in [0.29, 0.717) is 12.0 Å². The molecule has 1 N–H and O–H groups in total. The van der Waals surface area contributed by atoms with Crippen molar-refractivity contribution in [2.75, 3.05) is 6.26 Å². The van der Waals surface area contributed by atoms with E-state index >= 15 is 0 Å². The summed E-state index contributed by atoms with van der Waals surface area (Å²) < 4.78 is 98.7. The third-order valence-electron chi connectivity index (χ3n) is 4.99. The Kier molecular flexibility index (Phi) is 16.3. The molecule has 0 radical (unpaired) electrons. The smallest absolute Gasteiger partial charge is 0.748 e. The van der Waals surface area contributed by atoms with Crippen molar-refractivity contribution in [1.82, 2.24) is 4.72 Å². The van der Waals surface area contributed by atoms with Crippen LogP contribution < -0.4 is 98.7 Å². The van der Waals surface area contributed by atoms with Gasteiger partial charge in [-0.25, -0.2) is 30.0 Å². The van der Waals surface area contributed by atoms with Gasteiger partial charge >= 0.3 is 88.7 Å². The molecule has 30 heavy (non-hydrogen) atoms. The first kappa shape index (κ1) is 35.1. The Labute approximate surface area is 246 Å². The standard InChI is InChI=1S/C11H21NO11S4.3Na/c1-25(14,15)12-9-5-8-6(3-11(9)27(19,20)21)2-7(26(16,17)18)4-10(8)24-23-22-13;;;/h6-13H,2-5H2,1H3,(H,16,17,18)(H,19,20,21);;;/q;3*+1/p-3. The third kappa shape index (κ3) is 10.3. The predicted molar refractivity (Wildman–Crippen MR) is 87.7 cm³/mol. The van der Waals surface area contributed by atoms with E-state index in [1.807, 2.05) is 0 Å². The SMILES string of the molecule is CS(=O)(=O)NC1CC2C(CC(S(=O)(=O)[O-])CC2SOO[O-])CC1S(=O)(=O)[O-].[Na+].[Na+].[Na+]. The molecule has 0 aromatic rings. The summed E-state index contributed by atoms with van der Waals surface area (Å²) in [6.07, 6.45) is 0.0558. The van der Waals surface area contributed by atoms with E-state index in [2.05, 4.69) is 14.1 Å². The van der Waals surface area contributed by atoms with E-state index in [0.717, 1.165) is 6.26 Å². The molecule has 6 atom stereocenters. The van der Waals surface area contributed by atoms with Gasteiger partial charge in [0.25, 0.3) is 0 Å². The minimum Gasteiger partial charge on any atom is -0.748 e. The second-order valence-electron chi connectivity index (χ2n) is 6.78. The van der Waals surface area contributed by atoms with E-state index in [4.69, 9.17) is 0 Å². The van der Waals surface area contributed by atoms with Gasteiger partial charge in [0.1, 0.15) is 0 Å². The van der Waals surface area contributed by atoms with Gasteiger partial charge in [0, 0.05) is 23.3 Å². The van der Waals surface area contributed by atoms with Crippen LogP contribution in [0.25, 0.3) is 0 Å². The summed E-state index contributed by atoms with van der Waals surface area (Å²) in [5.41, 5.74) is 0. The Hall–Kier alpha value is 2.96. The molecule has 0 amide bonds. The maximum atomic E-state index is 11.6. The predicted octanol–water partition coefficient (Wildman–Crippen LogP) is -11.2. The van der Waals surface area contributed by atoms with Gasteiger partial charge in [0.05, 0.1) is 37.0 Å². The summed E-state index contributed by atoms with van der Waals surface area (Å²) in [5, 5.41) is 9.67. The number of hydrogen-bond donors (Lipinski definition) is 1. The normalized spacial score (nSPS) is 32.0. The van der Waals surface area contributed by atoms with Crippen LogP contribution in [0, 0.1) is 11.8 Å². The van der Waals surface area contributed by atoms with Gasteiger partial charge in [0.2, 0.25) is 10.0 Å². The summed E-state index contributed by atoms with van der Waals surface area (Å²) >= 11 is 0.489. The number of nitrogens with one attached hydrogen (secondary N) is 1. The topological polar surface area (TPSA) is 202 Å². The van der Waals surface area contributed by atoms with Crippen molar-refractivity contribution in [2.24, 2.45) is 11.8 Å². The number of hydrogen-bond acceptors (Lipinski definition) is 12. The maximum absolute atomic E-state index is 11.6. The zero-order valence-electron chi connectivity index (χ0n) is 16.9. The molecule has 2 saturated carbocycles. The molecule has 160 valence electrons. The maximum Gasteiger partial charge on any atom is 1.00 e. The fourth-order valence-corrected chi connectivity index (χ4v) is 7.93. The van der Waals surface area contributed by atoms with Crippen molar-refractivity contribution < 1.29 is 138 Å². The molecule has 0 aliphatic heterocycles. The zero-order valence-corrected chi connectivity index (χ0v) is 26.2. The molecular formula is C11H18NNa3O11S4. The quantitative estimate of drug-likeness (QED) is 0.106. The van der Waals surface area contributed by atoms with Gasteiger partial charge in [0.15, 0.2) is 0 Å². The van der Waals surface area contributed by atoms with Crippen LogP contribution in [-0.4, -0.2) is 62.4 Å². The molecule has 0 spiro atoms. The van der Waals surface area contributed by atoms with Crippen molar-refractivity contribution in [3.63, 3.8) is 0 Å². The Morgan fingerprint density at radius 2 is 1.47 bits per heavy atom. The monoisotopic (exact) mass is 537 g/mol. The number of rotatable bonds is 7. The molecule has 0 saturated heterocycles. The van der Waals surface area contributed by atoms with E-state index in [1.165, 1.54) is 0 Å². The van der Waals surface area contributed by atoms with Crippen LogP contribution in [0.3, 0.4) is 0 Å². The number of sulfonamides is 1. The van der Waals surface area contributed by atoms with Crippen LogP contribution in [0.4, 0.5) is 0 Å². The minimum atomic E-state index is -4.90. The van der Waals surface area contributed by atoms with Crippen LogP contribution in [0.15, 0.2) is 0 Å². The van der Waals surface area contributed by atoms with Gasteiger partial charge in [-0.15, -0.1) is 0 Å². The Balaban J connectivity index is 0. The molecule has 12 nitrogen and oxygen atoms in total. The minimum absolute atomic E-state index is 0. The largest absolute Gasteiger partial charge is 1.00 e. The van der Waals surface area contributed by atoms with Crippen molar-refractivity contribution in [1.29, 1.82) is 0 Å². The molecule has 0 bridgehead atoms. The third-order valence-corrected chi connectivity index (χ3v) is 9.11. The van der Waals surface area contributed by atoms with Crippen molar-refractivity contribution in [2.45, 2.75) is 47.5 Å². The Bertz CT molecular complexity index is 854. The molecule has 0 heterocycles. The van der Waals surface area contributed by atoms with Gasteiger partial charge in [-0.05, 0) is 37.5 Å². The fourth-order valence-electron chi connectivity index (χ4n) is 4.00. The van der Waals surface area contributed by atoms with Gasteiger partial charge in [-0.3, -0.25) is 5.04 Å². The average molecular weight is 537 g/mol. The molecule has 0 aromatic heterocycles.